The molecule has 5 nitrogen and oxygen atoms in total. The molecule has 2 aromatic rings. The lowest BCUT2D eigenvalue weighted by molar-refractivity contribution is -0.480. The standard InChI is InChI=1S/C22H17F9O5/c1-2-19-7-33-22(34-8-19,35-9-19)11-3-13(23)17(14(24)4-11)21(30,31)36-12-5-15(25)18(16(26)6-12)32-10-20(27,28)29/h3-6H,2,7-10H2,1H3. The van der Waals surface area contributed by atoms with Crippen LogP contribution in [0.3, 0.4) is 0 Å². The van der Waals surface area contributed by atoms with Gasteiger partial charge in [0.1, 0.15) is 22.9 Å². The lowest BCUT2D eigenvalue weighted by atomic mass is 9.85. The number of halogens is 9. The molecule has 36 heavy (non-hydrogen) atoms. The van der Waals surface area contributed by atoms with E-state index in [2.05, 4.69) is 9.47 Å². The Hall–Kier alpha value is -2.71. The molecule has 3 aliphatic heterocycles. The zero-order valence-corrected chi connectivity index (χ0v) is 18.3. The Kier molecular flexibility index (Phi) is 6.58. The number of hydrogen-bond acceptors (Lipinski definition) is 5. The fourth-order valence-electron chi connectivity index (χ4n) is 3.66. The van der Waals surface area contributed by atoms with Crippen molar-refractivity contribution in [1.29, 1.82) is 0 Å². The summed E-state index contributed by atoms with van der Waals surface area (Å²) in [5.74, 6) is -12.0. The molecule has 2 bridgehead atoms. The van der Waals surface area contributed by atoms with E-state index >= 15 is 0 Å². The fourth-order valence-corrected chi connectivity index (χ4v) is 3.66. The predicted molar refractivity (Wildman–Crippen MR) is 101 cm³/mol. The van der Waals surface area contributed by atoms with Crippen LogP contribution in [-0.2, 0) is 26.3 Å². The van der Waals surface area contributed by atoms with Crippen LogP contribution in [0.4, 0.5) is 39.5 Å². The van der Waals surface area contributed by atoms with Gasteiger partial charge in [0.2, 0.25) is 0 Å². The van der Waals surface area contributed by atoms with Crippen LogP contribution >= 0.6 is 0 Å². The monoisotopic (exact) mass is 532 g/mol. The summed E-state index contributed by atoms with van der Waals surface area (Å²) in [6.45, 7) is 0.207. The van der Waals surface area contributed by atoms with Gasteiger partial charge in [-0.15, -0.1) is 0 Å². The number of hydrogen-bond donors (Lipinski definition) is 0. The number of benzene rings is 2. The minimum atomic E-state index is -4.93. The van der Waals surface area contributed by atoms with E-state index < -0.39 is 70.6 Å². The van der Waals surface area contributed by atoms with E-state index in [1.54, 1.807) is 0 Å². The highest BCUT2D eigenvalue weighted by Gasteiger charge is 2.54. The Morgan fingerprint density at radius 2 is 1.31 bits per heavy atom. The van der Waals surface area contributed by atoms with Gasteiger partial charge in [0.25, 0.3) is 0 Å². The molecule has 2 aromatic carbocycles. The Bertz CT molecular complexity index is 1080. The van der Waals surface area contributed by atoms with Gasteiger partial charge in [0.15, 0.2) is 24.0 Å². The molecule has 14 heteroatoms. The SMILES string of the molecule is CCC12COC(c3cc(F)c(C(F)(F)Oc4cc(F)c(OCC(F)(F)F)c(F)c4)c(F)c3)(OC1)OC2. The molecular weight excluding hydrogens is 515 g/mol. The molecule has 198 valence electrons. The molecule has 0 saturated carbocycles. The summed E-state index contributed by atoms with van der Waals surface area (Å²) in [6.07, 6.45) is -9.11. The normalized spacial score (nSPS) is 24.2. The second kappa shape index (κ2) is 8.99. The van der Waals surface area contributed by atoms with Crippen LogP contribution in [0.5, 0.6) is 11.5 Å². The summed E-state index contributed by atoms with van der Waals surface area (Å²) in [5.41, 5.74) is -2.74. The van der Waals surface area contributed by atoms with Crippen molar-refractivity contribution >= 4 is 0 Å². The minimum absolute atomic E-state index is 0.0748. The summed E-state index contributed by atoms with van der Waals surface area (Å²) in [6, 6.07) is 1.11. The highest BCUT2D eigenvalue weighted by molar-refractivity contribution is 5.37. The van der Waals surface area contributed by atoms with E-state index in [9.17, 15) is 39.5 Å². The summed E-state index contributed by atoms with van der Waals surface area (Å²) in [4.78, 5) is 0. The maximum absolute atomic E-state index is 14.7. The third-order valence-electron chi connectivity index (χ3n) is 5.74. The first kappa shape index (κ1) is 26.4. The Morgan fingerprint density at radius 3 is 1.75 bits per heavy atom. The van der Waals surface area contributed by atoms with Crippen LogP contribution in [0.1, 0.15) is 24.5 Å². The highest BCUT2D eigenvalue weighted by atomic mass is 19.4. The van der Waals surface area contributed by atoms with Crippen LogP contribution in [0, 0.1) is 28.7 Å². The van der Waals surface area contributed by atoms with Crippen molar-refractivity contribution in [2.75, 3.05) is 26.4 Å². The summed E-state index contributed by atoms with van der Waals surface area (Å²) in [5, 5.41) is 0. The Labute approximate surface area is 197 Å². The van der Waals surface area contributed by atoms with E-state index in [0.29, 0.717) is 18.6 Å². The lowest BCUT2D eigenvalue weighted by Crippen LogP contribution is -2.58. The maximum Gasteiger partial charge on any atom is 0.432 e. The van der Waals surface area contributed by atoms with Crippen LogP contribution in [0.25, 0.3) is 0 Å². The summed E-state index contributed by atoms with van der Waals surface area (Å²) < 4.78 is 148. The molecule has 0 aliphatic carbocycles. The van der Waals surface area contributed by atoms with Gasteiger partial charge in [-0.2, -0.15) is 22.0 Å². The quantitative estimate of drug-likeness (QED) is 0.416. The summed E-state index contributed by atoms with van der Waals surface area (Å²) in [7, 11) is 0. The van der Waals surface area contributed by atoms with Gasteiger partial charge in [0.05, 0.1) is 19.8 Å². The van der Waals surface area contributed by atoms with Crippen molar-refractivity contribution in [2.45, 2.75) is 31.6 Å². The molecule has 3 aliphatic rings. The predicted octanol–water partition coefficient (Wildman–Crippen LogP) is 5.90. The molecule has 0 unspecified atom stereocenters. The Morgan fingerprint density at radius 1 is 0.806 bits per heavy atom. The third-order valence-corrected chi connectivity index (χ3v) is 5.74. The van der Waals surface area contributed by atoms with Crippen molar-refractivity contribution in [3.63, 3.8) is 0 Å². The average molecular weight is 532 g/mol. The zero-order chi connectivity index (χ0) is 26.5. The van der Waals surface area contributed by atoms with Crippen LogP contribution < -0.4 is 9.47 Å². The van der Waals surface area contributed by atoms with E-state index in [1.807, 2.05) is 6.92 Å². The van der Waals surface area contributed by atoms with Gasteiger partial charge in [-0.25, -0.2) is 17.6 Å². The third kappa shape index (κ3) is 4.93. The Balaban J connectivity index is 1.57. The van der Waals surface area contributed by atoms with Crippen LogP contribution in [0.15, 0.2) is 24.3 Å². The first-order valence-corrected chi connectivity index (χ1v) is 10.4. The molecule has 0 radical (unpaired) electrons. The molecule has 0 N–H and O–H groups in total. The molecule has 3 fully saturated rings. The van der Waals surface area contributed by atoms with Gasteiger partial charge in [0, 0.05) is 23.1 Å². The van der Waals surface area contributed by atoms with Crippen molar-refractivity contribution in [1.82, 2.24) is 0 Å². The largest absolute Gasteiger partial charge is 0.478 e. The minimum Gasteiger partial charge on any atom is -0.478 e. The number of ether oxygens (including phenoxy) is 5. The summed E-state index contributed by atoms with van der Waals surface area (Å²) >= 11 is 0. The first-order chi connectivity index (χ1) is 16.7. The second-order valence-corrected chi connectivity index (χ2v) is 8.33. The van der Waals surface area contributed by atoms with E-state index in [-0.39, 0.29) is 37.5 Å². The van der Waals surface area contributed by atoms with Crippen molar-refractivity contribution in [3.05, 3.63) is 58.7 Å². The number of alkyl halides is 5. The fraction of sp³-hybridized carbons (Fsp3) is 0.455. The maximum atomic E-state index is 14.7. The van der Waals surface area contributed by atoms with Gasteiger partial charge in [-0.1, -0.05) is 6.92 Å². The first-order valence-electron chi connectivity index (χ1n) is 10.4. The molecule has 0 amide bonds. The smallest absolute Gasteiger partial charge is 0.432 e. The lowest BCUT2D eigenvalue weighted by Gasteiger charge is -2.51. The van der Waals surface area contributed by atoms with Crippen molar-refractivity contribution in [3.8, 4) is 11.5 Å². The molecular formula is C22H17F9O5. The molecule has 5 rings (SSSR count). The van der Waals surface area contributed by atoms with Crippen LogP contribution in [0.2, 0.25) is 0 Å². The number of rotatable bonds is 7. The molecule has 0 aromatic heterocycles. The molecule has 0 atom stereocenters. The van der Waals surface area contributed by atoms with Crippen molar-refractivity contribution in [2.24, 2.45) is 5.41 Å². The van der Waals surface area contributed by atoms with Gasteiger partial charge >= 0.3 is 18.3 Å². The zero-order valence-electron chi connectivity index (χ0n) is 18.3. The molecule has 3 saturated heterocycles. The topological polar surface area (TPSA) is 46.2 Å². The van der Waals surface area contributed by atoms with E-state index in [1.165, 1.54) is 0 Å². The second-order valence-electron chi connectivity index (χ2n) is 8.33. The van der Waals surface area contributed by atoms with Gasteiger partial charge < -0.3 is 23.7 Å². The average Bonchev–Trinajstić information content (AvgIpc) is 2.78. The van der Waals surface area contributed by atoms with Gasteiger partial charge in [-0.05, 0) is 18.6 Å². The van der Waals surface area contributed by atoms with Crippen molar-refractivity contribution < 1.29 is 63.2 Å². The van der Waals surface area contributed by atoms with E-state index in [0.717, 1.165) is 0 Å². The van der Waals surface area contributed by atoms with Gasteiger partial charge in [-0.3, -0.25) is 0 Å². The molecule has 3 heterocycles. The molecule has 0 spiro atoms. The highest BCUT2D eigenvalue weighted by Crippen LogP contribution is 2.47. The van der Waals surface area contributed by atoms with Crippen LogP contribution in [-0.4, -0.2) is 32.6 Å². The number of fused-ring (bicyclic) bond motifs is 3. The van der Waals surface area contributed by atoms with E-state index in [4.69, 9.17) is 14.2 Å².